The van der Waals surface area contributed by atoms with Crippen molar-refractivity contribution in [1.29, 1.82) is 5.26 Å². The van der Waals surface area contributed by atoms with Crippen molar-refractivity contribution in [3.05, 3.63) is 75.8 Å². The third-order valence-electron chi connectivity index (χ3n) is 4.28. The number of hydrogen-bond donors (Lipinski definition) is 3. The van der Waals surface area contributed by atoms with Crippen molar-refractivity contribution in [2.75, 3.05) is 16.4 Å². The lowest BCUT2D eigenvalue weighted by atomic mass is 10.2. The van der Waals surface area contributed by atoms with E-state index in [2.05, 4.69) is 15.6 Å². The van der Waals surface area contributed by atoms with Crippen LogP contribution in [0, 0.1) is 11.3 Å². The van der Waals surface area contributed by atoms with Crippen LogP contribution >= 0.6 is 35.0 Å². The molecule has 0 fully saturated rings. The zero-order valence-corrected chi connectivity index (χ0v) is 19.1. The summed E-state index contributed by atoms with van der Waals surface area (Å²) < 4.78 is 0. The molecule has 3 rings (SSSR count). The second-order valence-electron chi connectivity index (χ2n) is 6.55. The van der Waals surface area contributed by atoms with Gasteiger partial charge in [0.2, 0.25) is 5.91 Å². The van der Waals surface area contributed by atoms with Gasteiger partial charge in [0, 0.05) is 5.69 Å². The van der Waals surface area contributed by atoms with Crippen LogP contribution in [0.4, 0.5) is 17.2 Å². The topological polar surface area (TPSA) is 121 Å². The number of halogens is 2. The maximum absolute atomic E-state index is 12.6. The van der Waals surface area contributed by atoms with Gasteiger partial charge < -0.3 is 16.4 Å². The van der Waals surface area contributed by atoms with E-state index in [9.17, 15) is 14.9 Å². The van der Waals surface area contributed by atoms with Gasteiger partial charge in [-0.05, 0) is 37.3 Å². The summed E-state index contributed by atoms with van der Waals surface area (Å²) in [5.41, 5.74) is 7.05. The van der Waals surface area contributed by atoms with E-state index in [1.54, 1.807) is 49.4 Å². The van der Waals surface area contributed by atoms with E-state index < -0.39 is 11.2 Å². The van der Waals surface area contributed by atoms with Crippen LogP contribution in [0.2, 0.25) is 10.0 Å². The van der Waals surface area contributed by atoms with Crippen molar-refractivity contribution in [3.8, 4) is 6.07 Å². The van der Waals surface area contributed by atoms with Crippen molar-refractivity contribution in [3.63, 3.8) is 0 Å². The Morgan fingerprint density at radius 3 is 2.38 bits per heavy atom. The molecule has 1 aromatic heterocycles. The highest BCUT2D eigenvalue weighted by Gasteiger charge is 2.22. The molecule has 32 heavy (non-hydrogen) atoms. The number of amides is 2. The molecule has 10 heteroatoms. The van der Waals surface area contributed by atoms with Crippen LogP contribution in [0.5, 0.6) is 0 Å². The van der Waals surface area contributed by atoms with E-state index in [0.717, 1.165) is 11.8 Å². The fraction of sp³-hybridized carbons (Fsp3) is 0.0909. The first-order chi connectivity index (χ1) is 15.3. The van der Waals surface area contributed by atoms with Gasteiger partial charge in [-0.1, -0.05) is 59.2 Å². The van der Waals surface area contributed by atoms with Crippen molar-refractivity contribution in [2.45, 2.75) is 17.2 Å². The zero-order chi connectivity index (χ0) is 23.3. The lowest BCUT2D eigenvalue weighted by Crippen LogP contribution is -2.23. The number of carbonyl (C=O) groups excluding carboxylic acids is 2. The number of thioether (sulfide) groups is 1. The first kappa shape index (κ1) is 23.4. The standard InChI is InChI=1S/C22H17Cl2N5O2S/c1-12(20(30)28-18-16(23)8-5-9-17(18)24)32-22-13(11-25)10-15(19(26)29-22)21(31)27-14-6-3-2-4-7-14/h2-10,12H,1H3,(H2,26,29)(H,27,31)(H,28,30). The number of para-hydroxylation sites is 2. The van der Waals surface area contributed by atoms with Crippen LogP contribution in [-0.4, -0.2) is 22.0 Å². The van der Waals surface area contributed by atoms with Crippen molar-refractivity contribution >= 4 is 64.0 Å². The predicted molar refractivity (Wildman–Crippen MR) is 128 cm³/mol. The van der Waals surface area contributed by atoms with Gasteiger partial charge in [0.05, 0.1) is 32.1 Å². The zero-order valence-electron chi connectivity index (χ0n) is 16.7. The Bertz CT molecular complexity index is 1190. The second-order valence-corrected chi connectivity index (χ2v) is 8.70. The molecule has 2 aromatic carbocycles. The van der Waals surface area contributed by atoms with Crippen molar-refractivity contribution < 1.29 is 9.59 Å². The average molecular weight is 486 g/mol. The Morgan fingerprint density at radius 1 is 1.09 bits per heavy atom. The number of hydrogen-bond acceptors (Lipinski definition) is 6. The van der Waals surface area contributed by atoms with Crippen LogP contribution in [0.3, 0.4) is 0 Å². The fourth-order valence-corrected chi connectivity index (χ4v) is 4.02. The number of aromatic nitrogens is 1. The molecule has 162 valence electrons. The highest BCUT2D eigenvalue weighted by Crippen LogP contribution is 2.32. The average Bonchev–Trinajstić information content (AvgIpc) is 2.77. The molecule has 3 aromatic rings. The first-order valence-corrected chi connectivity index (χ1v) is 10.9. The number of carbonyl (C=O) groups is 2. The maximum atomic E-state index is 12.6. The minimum atomic E-state index is -0.662. The largest absolute Gasteiger partial charge is 0.383 e. The predicted octanol–water partition coefficient (Wildman–Crippen LogP) is 5.21. The molecule has 0 saturated carbocycles. The molecule has 1 heterocycles. The summed E-state index contributed by atoms with van der Waals surface area (Å²) in [4.78, 5) is 29.4. The second kappa shape index (κ2) is 10.4. The molecule has 4 N–H and O–H groups in total. The van der Waals surface area contributed by atoms with Gasteiger partial charge in [-0.3, -0.25) is 9.59 Å². The van der Waals surface area contributed by atoms with Gasteiger partial charge in [0.25, 0.3) is 5.91 Å². The van der Waals surface area contributed by atoms with Crippen molar-refractivity contribution in [1.82, 2.24) is 4.98 Å². The Balaban J connectivity index is 1.78. The highest BCUT2D eigenvalue weighted by molar-refractivity contribution is 8.00. The molecule has 0 aliphatic carbocycles. The number of rotatable bonds is 6. The highest BCUT2D eigenvalue weighted by atomic mass is 35.5. The minimum absolute atomic E-state index is 0.0540. The number of benzene rings is 2. The fourth-order valence-electron chi connectivity index (χ4n) is 2.64. The lowest BCUT2D eigenvalue weighted by molar-refractivity contribution is -0.115. The first-order valence-electron chi connectivity index (χ1n) is 9.28. The SMILES string of the molecule is CC(Sc1nc(N)c(C(=O)Nc2ccccc2)cc1C#N)C(=O)Nc1c(Cl)cccc1Cl. The molecule has 1 atom stereocenters. The quantitative estimate of drug-likeness (QED) is 0.411. The van der Waals surface area contributed by atoms with Crippen LogP contribution in [0.25, 0.3) is 0 Å². The normalized spacial score (nSPS) is 11.3. The van der Waals surface area contributed by atoms with Gasteiger partial charge in [-0.2, -0.15) is 5.26 Å². The molecule has 0 spiro atoms. The van der Waals surface area contributed by atoms with Gasteiger partial charge in [-0.15, -0.1) is 0 Å². The van der Waals surface area contributed by atoms with Crippen LogP contribution in [0.1, 0.15) is 22.8 Å². The van der Waals surface area contributed by atoms with E-state index in [1.165, 1.54) is 6.07 Å². The van der Waals surface area contributed by atoms with Gasteiger partial charge in [-0.25, -0.2) is 4.98 Å². The van der Waals surface area contributed by atoms with E-state index in [-0.39, 0.29) is 27.9 Å². The number of nitrogens with one attached hydrogen (secondary N) is 2. The summed E-state index contributed by atoms with van der Waals surface area (Å²) in [5.74, 6) is -0.935. The summed E-state index contributed by atoms with van der Waals surface area (Å²) in [6.45, 7) is 1.64. The number of anilines is 3. The minimum Gasteiger partial charge on any atom is -0.383 e. The Kier molecular flexibility index (Phi) is 7.59. The van der Waals surface area contributed by atoms with Gasteiger partial charge in [0.15, 0.2) is 0 Å². The molecule has 0 saturated heterocycles. The summed E-state index contributed by atoms with van der Waals surface area (Å²) in [6, 6.07) is 17.1. The molecular formula is C22H17Cl2N5O2S. The van der Waals surface area contributed by atoms with Gasteiger partial charge >= 0.3 is 0 Å². The number of nitriles is 1. The molecular weight excluding hydrogens is 469 g/mol. The molecule has 2 amide bonds. The number of nitrogens with zero attached hydrogens (tertiary/aromatic N) is 2. The Morgan fingerprint density at radius 2 is 1.75 bits per heavy atom. The molecule has 0 aliphatic heterocycles. The van der Waals surface area contributed by atoms with Gasteiger partial charge in [0.1, 0.15) is 16.9 Å². The number of nitrogens with two attached hydrogens (primary N) is 1. The summed E-state index contributed by atoms with van der Waals surface area (Å²) in [5, 5.41) is 15.1. The molecule has 0 aliphatic rings. The number of pyridine rings is 1. The monoisotopic (exact) mass is 485 g/mol. The van der Waals surface area contributed by atoms with E-state index in [0.29, 0.717) is 21.4 Å². The third-order valence-corrected chi connectivity index (χ3v) is 6.01. The van der Waals surface area contributed by atoms with Crippen molar-refractivity contribution in [2.24, 2.45) is 0 Å². The summed E-state index contributed by atoms with van der Waals surface area (Å²) in [6.07, 6.45) is 0. The van der Waals surface area contributed by atoms with E-state index in [1.807, 2.05) is 12.1 Å². The summed E-state index contributed by atoms with van der Waals surface area (Å²) in [7, 11) is 0. The smallest absolute Gasteiger partial charge is 0.259 e. The Labute approximate surface area is 198 Å². The molecule has 1 unspecified atom stereocenters. The lowest BCUT2D eigenvalue weighted by Gasteiger charge is -2.15. The third kappa shape index (κ3) is 5.51. The van der Waals surface area contributed by atoms with Crippen LogP contribution in [-0.2, 0) is 4.79 Å². The van der Waals surface area contributed by atoms with Crippen LogP contribution < -0.4 is 16.4 Å². The van der Waals surface area contributed by atoms with E-state index in [4.69, 9.17) is 28.9 Å². The Hall–Kier alpha value is -3.25. The molecule has 0 bridgehead atoms. The number of nitrogen functional groups attached to an aromatic ring is 1. The maximum Gasteiger partial charge on any atom is 0.259 e. The molecule has 7 nitrogen and oxygen atoms in total. The molecule has 0 radical (unpaired) electrons. The summed E-state index contributed by atoms with van der Waals surface area (Å²) >= 11 is 13.2. The van der Waals surface area contributed by atoms with Crippen LogP contribution in [0.15, 0.2) is 59.6 Å². The van der Waals surface area contributed by atoms with E-state index >= 15 is 0 Å².